The Bertz CT molecular complexity index is 575. The molecule has 0 aliphatic carbocycles. The molecular weight excluding hydrogens is 312 g/mol. The number of hydrogen-bond acceptors (Lipinski definition) is 6. The normalized spacial score (nSPS) is 10.5. The average molecular weight is 338 g/mol. The highest BCUT2D eigenvalue weighted by Gasteiger charge is 2.13. The van der Waals surface area contributed by atoms with Crippen molar-refractivity contribution in [3.63, 3.8) is 0 Å². The van der Waals surface area contributed by atoms with E-state index in [1.165, 1.54) is 18.3 Å². The van der Waals surface area contributed by atoms with E-state index in [4.69, 9.17) is 20.4 Å². The van der Waals surface area contributed by atoms with E-state index in [0.29, 0.717) is 0 Å². The zero-order chi connectivity index (χ0) is 18.7. The predicted molar refractivity (Wildman–Crippen MR) is 92.3 cm³/mol. The topological polar surface area (TPSA) is 107 Å². The number of rotatable bonds is 5. The van der Waals surface area contributed by atoms with Crippen molar-refractivity contribution in [2.45, 2.75) is 33.6 Å². The summed E-state index contributed by atoms with van der Waals surface area (Å²) in [4.78, 5) is 10.9. The van der Waals surface area contributed by atoms with Crippen LogP contribution >= 0.6 is 0 Å². The maximum absolute atomic E-state index is 10.9. The third kappa shape index (κ3) is 8.24. The first-order valence-corrected chi connectivity index (χ1v) is 7.46. The first kappa shape index (κ1) is 21.5. The summed E-state index contributed by atoms with van der Waals surface area (Å²) < 4.78 is 4.34. The van der Waals surface area contributed by atoms with Gasteiger partial charge in [0.15, 0.2) is 17.2 Å². The Balaban J connectivity index is 0.000000449. The number of esters is 1. The van der Waals surface area contributed by atoms with Crippen molar-refractivity contribution in [2.75, 3.05) is 13.7 Å². The Morgan fingerprint density at radius 2 is 1.62 bits per heavy atom. The lowest BCUT2D eigenvalue weighted by Crippen LogP contribution is -2.00. The van der Waals surface area contributed by atoms with Gasteiger partial charge in [0.2, 0.25) is 0 Å². The van der Waals surface area contributed by atoms with Gasteiger partial charge in [-0.25, -0.2) is 4.79 Å². The number of carbonyl (C=O) groups is 1. The Morgan fingerprint density at radius 1 is 1.08 bits per heavy atom. The van der Waals surface area contributed by atoms with E-state index in [1.54, 1.807) is 0 Å². The van der Waals surface area contributed by atoms with Gasteiger partial charge in [-0.1, -0.05) is 23.3 Å². The lowest BCUT2D eigenvalue weighted by Gasteiger charge is -2.03. The number of hydrogen-bond donors (Lipinski definition) is 4. The molecule has 1 aromatic rings. The van der Waals surface area contributed by atoms with Gasteiger partial charge >= 0.3 is 5.97 Å². The molecule has 0 saturated carbocycles. The minimum absolute atomic E-state index is 0.0321. The van der Waals surface area contributed by atoms with Gasteiger partial charge < -0.3 is 25.2 Å². The fraction of sp³-hybridized carbons (Fsp3) is 0.389. The molecule has 0 aliphatic heterocycles. The molecule has 0 spiro atoms. The number of carbonyl (C=O) groups excluding carboxylic acids is 1. The van der Waals surface area contributed by atoms with Crippen molar-refractivity contribution in [2.24, 2.45) is 0 Å². The Labute approximate surface area is 142 Å². The quantitative estimate of drug-likeness (QED) is 0.373. The molecule has 1 aromatic carbocycles. The van der Waals surface area contributed by atoms with Crippen molar-refractivity contribution < 1.29 is 30.0 Å². The molecule has 1 rings (SSSR count). The minimum Gasteiger partial charge on any atom is -0.504 e. The molecule has 0 saturated heterocycles. The zero-order valence-corrected chi connectivity index (χ0v) is 14.5. The standard InChI is InChI=1S/C10H18O.C8H8O5/c1-9(2)5-4-6-10(3)7-8-11;1-13-8(12)4-2-5(9)7(11)6(10)3-4/h5,7,11H,4,6,8H2,1-3H3;2-3,9-11H,1H3/b10-7+;. The highest BCUT2D eigenvalue weighted by Crippen LogP contribution is 2.35. The van der Waals surface area contributed by atoms with Crippen molar-refractivity contribution in [3.05, 3.63) is 41.0 Å². The van der Waals surface area contributed by atoms with E-state index in [-0.39, 0.29) is 12.2 Å². The van der Waals surface area contributed by atoms with E-state index in [0.717, 1.165) is 25.0 Å². The van der Waals surface area contributed by atoms with Crippen LogP contribution in [-0.2, 0) is 4.74 Å². The molecule has 24 heavy (non-hydrogen) atoms. The number of ether oxygens (including phenoxy) is 1. The van der Waals surface area contributed by atoms with E-state index < -0.39 is 23.2 Å². The maximum Gasteiger partial charge on any atom is 0.338 e. The molecule has 4 N–H and O–H groups in total. The van der Waals surface area contributed by atoms with Crippen LogP contribution in [0.15, 0.2) is 35.4 Å². The van der Waals surface area contributed by atoms with Crippen LogP contribution in [0.25, 0.3) is 0 Å². The molecule has 0 aliphatic rings. The van der Waals surface area contributed by atoms with Crippen LogP contribution < -0.4 is 0 Å². The SMILES string of the molecule is CC(C)=CCC/C(C)=C/CO.COC(=O)c1cc(O)c(O)c(O)c1. The number of benzene rings is 1. The molecule has 0 atom stereocenters. The van der Waals surface area contributed by atoms with Crippen LogP contribution in [0.3, 0.4) is 0 Å². The second kappa shape index (κ2) is 11.1. The van der Waals surface area contributed by atoms with Crippen LogP contribution in [0.2, 0.25) is 0 Å². The van der Waals surface area contributed by atoms with Crippen LogP contribution in [0.5, 0.6) is 17.2 Å². The number of aromatic hydroxyl groups is 3. The van der Waals surface area contributed by atoms with Gasteiger partial charge in [0.25, 0.3) is 0 Å². The van der Waals surface area contributed by atoms with Crippen molar-refractivity contribution in [3.8, 4) is 17.2 Å². The van der Waals surface area contributed by atoms with Gasteiger partial charge in [0, 0.05) is 0 Å². The third-order valence-corrected chi connectivity index (χ3v) is 3.02. The average Bonchev–Trinajstić information content (AvgIpc) is 2.51. The lowest BCUT2D eigenvalue weighted by atomic mass is 10.1. The molecular formula is C18H26O6. The molecule has 0 radical (unpaired) electrons. The maximum atomic E-state index is 10.9. The molecule has 6 nitrogen and oxygen atoms in total. The summed E-state index contributed by atoms with van der Waals surface area (Å²) in [6.07, 6.45) is 6.23. The smallest absolute Gasteiger partial charge is 0.338 e. The minimum atomic E-state index is -0.703. The summed E-state index contributed by atoms with van der Waals surface area (Å²) in [6.45, 7) is 6.42. The molecule has 0 bridgehead atoms. The predicted octanol–water partition coefficient (Wildman–Crippen LogP) is 3.26. The summed E-state index contributed by atoms with van der Waals surface area (Å²) in [7, 11) is 1.17. The van der Waals surface area contributed by atoms with E-state index in [9.17, 15) is 4.79 Å². The number of phenolic OH excluding ortho intramolecular Hbond substituents is 3. The Hall–Kier alpha value is -2.47. The third-order valence-electron chi connectivity index (χ3n) is 3.02. The molecule has 6 heteroatoms. The van der Waals surface area contributed by atoms with Crippen molar-refractivity contribution in [1.29, 1.82) is 0 Å². The zero-order valence-electron chi connectivity index (χ0n) is 14.5. The van der Waals surface area contributed by atoms with E-state index in [1.807, 2.05) is 6.08 Å². The summed E-state index contributed by atoms with van der Waals surface area (Å²) >= 11 is 0. The number of methoxy groups -OCH3 is 1. The second-order valence-corrected chi connectivity index (χ2v) is 5.41. The fourth-order valence-corrected chi connectivity index (χ4v) is 1.69. The van der Waals surface area contributed by atoms with Crippen molar-refractivity contribution >= 4 is 5.97 Å². The van der Waals surface area contributed by atoms with Gasteiger partial charge in [-0.15, -0.1) is 0 Å². The second-order valence-electron chi connectivity index (χ2n) is 5.41. The first-order chi connectivity index (χ1) is 11.2. The number of aliphatic hydroxyl groups excluding tert-OH is 1. The molecule has 0 amide bonds. The summed E-state index contributed by atoms with van der Waals surface area (Å²) in [5.74, 6) is -2.50. The highest BCUT2D eigenvalue weighted by atomic mass is 16.5. The van der Waals surface area contributed by atoms with Crippen LogP contribution in [-0.4, -0.2) is 40.1 Å². The summed E-state index contributed by atoms with van der Waals surface area (Å²) in [5.41, 5.74) is 2.60. The van der Waals surface area contributed by atoms with Gasteiger partial charge in [-0.2, -0.15) is 0 Å². The van der Waals surface area contributed by atoms with Crippen molar-refractivity contribution in [1.82, 2.24) is 0 Å². The molecule has 0 aromatic heterocycles. The van der Waals surface area contributed by atoms with Crippen LogP contribution in [0.1, 0.15) is 44.0 Å². The van der Waals surface area contributed by atoms with Gasteiger partial charge in [-0.3, -0.25) is 0 Å². The first-order valence-electron chi connectivity index (χ1n) is 7.46. The molecule has 0 unspecified atom stereocenters. The summed E-state index contributed by atoms with van der Waals surface area (Å²) in [6, 6.07) is 2.00. The van der Waals surface area contributed by atoms with Crippen LogP contribution in [0.4, 0.5) is 0 Å². The number of allylic oxidation sites excluding steroid dienone is 3. The Morgan fingerprint density at radius 3 is 2.04 bits per heavy atom. The summed E-state index contributed by atoms with van der Waals surface area (Å²) in [5, 5.41) is 35.5. The lowest BCUT2D eigenvalue weighted by molar-refractivity contribution is 0.0599. The monoisotopic (exact) mass is 338 g/mol. The largest absolute Gasteiger partial charge is 0.504 e. The molecule has 0 fully saturated rings. The van der Waals surface area contributed by atoms with E-state index >= 15 is 0 Å². The van der Waals surface area contributed by atoms with E-state index in [2.05, 4.69) is 31.6 Å². The van der Waals surface area contributed by atoms with Gasteiger partial charge in [0.1, 0.15) is 0 Å². The Kier molecular flexibility index (Phi) is 9.98. The number of phenols is 3. The van der Waals surface area contributed by atoms with Crippen LogP contribution in [0, 0.1) is 0 Å². The number of aliphatic hydroxyl groups is 1. The molecule has 0 heterocycles. The molecule has 134 valence electrons. The van der Waals surface area contributed by atoms with Gasteiger partial charge in [-0.05, 0) is 45.7 Å². The fourth-order valence-electron chi connectivity index (χ4n) is 1.69. The highest BCUT2D eigenvalue weighted by molar-refractivity contribution is 5.90. The van der Waals surface area contributed by atoms with Gasteiger partial charge in [0.05, 0.1) is 19.3 Å².